The molecular weight excluding hydrogens is 557 g/mol. The Balaban J connectivity index is 1.80. The third kappa shape index (κ3) is 7.13. The van der Waals surface area contributed by atoms with Crippen LogP contribution in [0.4, 0.5) is 10.1 Å². The molecule has 8 nitrogen and oxygen atoms in total. The van der Waals surface area contributed by atoms with Gasteiger partial charge in [0.15, 0.2) is 0 Å². The molecule has 0 heterocycles. The van der Waals surface area contributed by atoms with Crippen LogP contribution in [-0.2, 0) is 32.6 Å². The number of methoxy groups -OCH3 is 1. The lowest BCUT2D eigenvalue weighted by Gasteiger charge is -2.33. The standard InChI is InChI=1S/C32H32FN3O5S/c1-34-32(38)30(20-24-12-5-3-6-13-24)35(22-25-14-9-10-19-29(25)33)31(37)23-36(26-15-11-16-27(21-26)41-2)42(39,40)28-17-7-4-8-18-28/h3-19,21,30H,20,22-23H2,1-2H3,(H,34,38). The summed E-state index contributed by atoms with van der Waals surface area (Å²) < 4.78 is 49.0. The van der Waals surface area contributed by atoms with Crippen LogP contribution < -0.4 is 14.4 Å². The molecule has 4 rings (SSSR count). The Kier molecular flexibility index (Phi) is 9.93. The Labute approximate surface area is 245 Å². The minimum atomic E-state index is -4.24. The Morgan fingerprint density at radius 2 is 1.52 bits per heavy atom. The maximum absolute atomic E-state index is 14.8. The summed E-state index contributed by atoms with van der Waals surface area (Å²) in [6, 6.07) is 28.1. The quantitative estimate of drug-likeness (QED) is 0.264. The van der Waals surface area contributed by atoms with Gasteiger partial charge in [0.25, 0.3) is 10.0 Å². The second-order valence-corrected chi connectivity index (χ2v) is 11.3. The highest BCUT2D eigenvalue weighted by Crippen LogP contribution is 2.28. The maximum Gasteiger partial charge on any atom is 0.264 e. The van der Waals surface area contributed by atoms with Crippen molar-refractivity contribution in [1.82, 2.24) is 10.2 Å². The molecule has 0 saturated heterocycles. The molecule has 4 aromatic carbocycles. The van der Waals surface area contributed by atoms with E-state index in [2.05, 4.69) is 5.32 Å². The molecular formula is C32H32FN3O5S. The average molecular weight is 590 g/mol. The number of amides is 2. The lowest BCUT2D eigenvalue weighted by molar-refractivity contribution is -0.139. The van der Waals surface area contributed by atoms with Gasteiger partial charge in [-0.3, -0.25) is 13.9 Å². The molecule has 4 aromatic rings. The predicted octanol–water partition coefficient (Wildman–Crippen LogP) is 4.42. The summed E-state index contributed by atoms with van der Waals surface area (Å²) in [6.07, 6.45) is 0.130. The van der Waals surface area contributed by atoms with E-state index in [0.29, 0.717) is 5.75 Å². The molecule has 0 saturated carbocycles. The summed E-state index contributed by atoms with van der Waals surface area (Å²) >= 11 is 0. The molecule has 1 N–H and O–H groups in total. The highest BCUT2D eigenvalue weighted by Gasteiger charge is 2.34. The SMILES string of the molecule is CNC(=O)C(Cc1ccccc1)N(Cc1ccccc1F)C(=O)CN(c1cccc(OC)c1)S(=O)(=O)c1ccccc1. The van der Waals surface area contributed by atoms with Gasteiger partial charge in [-0.05, 0) is 35.9 Å². The molecule has 0 aliphatic heterocycles. The van der Waals surface area contributed by atoms with Crippen LogP contribution >= 0.6 is 0 Å². The number of carbonyl (C=O) groups is 2. The molecule has 10 heteroatoms. The van der Waals surface area contributed by atoms with Crippen molar-refractivity contribution in [2.24, 2.45) is 0 Å². The molecule has 0 aromatic heterocycles. The second-order valence-electron chi connectivity index (χ2n) is 9.46. The number of benzene rings is 4. The van der Waals surface area contributed by atoms with E-state index in [-0.39, 0.29) is 29.1 Å². The lowest BCUT2D eigenvalue weighted by Crippen LogP contribution is -2.53. The summed E-state index contributed by atoms with van der Waals surface area (Å²) in [5, 5.41) is 2.60. The first kappa shape index (κ1) is 30.3. The smallest absolute Gasteiger partial charge is 0.264 e. The summed E-state index contributed by atoms with van der Waals surface area (Å²) in [7, 11) is -1.34. The van der Waals surface area contributed by atoms with Gasteiger partial charge in [-0.25, -0.2) is 12.8 Å². The van der Waals surface area contributed by atoms with Gasteiger partial charge in [0.05, 0.1) is 17.7 Å². The van der Waals surface area contributed by atoms with Crippen LogP contribution in [0.2, 0.25) is 0 Å². The van der Waals surface area contributed by atoms with Crippen LogP contribution in [0, 0.1) is 5.82 Å². The number of nitrogens with zero attached hydrogens (tertiary/aromatic N) is 2. The largest absolute Gasteiger partial charge is 0.497 e. The number of anilines is 1. The minimum Gasteiger partial charge on any atom is -0.497 e. The molecule has 218 valence electrons. The van der Waals surface area contributed by atoms with E-state index in [9.17, 15) is 22.4 Å². The summed E-state index contributed by atoms with van der Waals surface area (Å²) in [6.45, 7) is -0.908. The highest BCUT2D eigenvalue weighted by atomic mass is 32.2. The molecule has 0 aliphatic carbocycles. The van der Waals surface area contributed by atoms with Crippen LogP contribution in [0.5, 0.6) is 5.75 Å². The maximum atomic E-state index is 14.8. The van der Waals surface area contributed by atoms with Crippen LogP contribution in [0.25, 0.3) is 0 Å². The zero-order chi connectivity index (χ0) is 30.1. The van der Waals surface area contributed by atoms with E-state index in [1.165, 1.54) is 55.5 Å². The minimum absolute atomic E-state index is 0.0200. The van der Waals surface area contributed by atoms with Crippen molar-refractivity contribution in [2.75, 3.05) is 25.0 Å². The highest BCUT2D eigenvalue weighted by molar-refractivity contribution is 7.92. The van der Waals surface area contributed by atoms with Gasteiger partial charge in [-0.2, -0.15) is 0 Å². The van der Waals surface area contributed by atoms with E-state index < -0.39 is 40.2 Å². The monoisotopic (exact) mass is 589 g/mol. The van der Waals surface area contributed by atoms with E-state index in [0.717, 1.165) is 9.87 Å². The Morgan fingerprint density at radius 1 is 0.881 bits per heavy atom. The summed E-state index contributed by atoms with van der Waals surface area (Å²) in [5.41, 5.74) is 1.16. The molecule has 0 radical (unpaired) electrons. The Hall–Kier alpha value is -4.70. The van der Waals surface area contributed by atoms with Crippen molar-refractivity contribution in [3.63, 3.8) is 0 Å². The fourth-order valence-electron chi connectivity index (χ4n) is 4.54. The number of ether oxygens (including phenoxy) is 1. The van der Waals surface area contributed by atoms with Crippen molar-refractivity contribution in [3.05, 3.63) is 126 Å². The third-order valence-electron chi connectivity index (χ3n) is 6.77. The number of likely N-dealkylation sites (N-methyl/N-ethyl adjacent to an activating group) is 1. The van der Waals surface area contributed by atoms with E-state index >= 15 is 0 Å². The Morgan fingerprint density at radius 3 is 2.17 bits per heavy atom. The van der Waals surface area contributed by atoms with Crippen LogP contribution in [0.3, 0.4) is 0 Å². The zero-order valence-electron chi connectivity index (χ0n) is 23.3. The van der Waals surface area contributed by atoms with E-state index in [4.69, 9.17) is 4.74 Å². The first-order chi connectivity index (χ1) is 20.2. The van der Waals surface area contributed by atoms with E-state index in [1.807, 2.05) is 30.3 Å². The van der Waals surface area contributed by atoms with E-state index in [1.54, 1.807) is 42.5 Å². The number of hydrogen-bond acceptors (Lipinski definition) is 5. The number of halogens is 1. The van der Waals surface area contributed by atoms with Gasteiger partial charge in [0.2, 0.25) is 11.8 Å². The van der Waals surface area contributed by atoms with Gasteiger partial charge in [0, 0.05) is 31.6 Å². The first-order valence-corrected chi connectivity index (χ1v) is 14.7. The predicted molar refractivity (Wildman–Crippen MR) is 159 cm³/mol. The van der Waals surface area contributed by atoms with Crippen molar-refractivity contribution < 1.29 is 27.1 Å². The summed E-state index contributed by atoms with van der Waals surface area (Å²) in [4.78, 5) is 28.7. The number of nitrogens with one attached hydrogen (secondary N) is 1. The molecule has 1 unspecified atom stereocenters. The number of rotatable bonds is 12. The number of carbonyl (C=O) groups excluding carboxylic acids is 2. The van der Waals surface area contributed by atoms with Gasteiger partial charge >= 0.3 is 0 Å². The number of hydrogen-bond donors (Lipinski definition) is 1. The van der Waals surface area contributed by atoms with Crippen molar-refractivity contribution in [3.8, 4) is 5.75 Å². The molecule has 0 aliphatic rings. The zero-order valence-corrected chi connectivity index (χ0v) is 24.1. The van der Waals surface area contributed by atoms with Gasteiger partial charge in [-0.1, -0.05) is 72.8 Å². The van der Waals surface area contributed by atoms with Crippen molar-refractivity contribution in [2.45, 2.75) is 23.9 Å². The van der Waals surface area contributed by atoms with Gasteiger partial charge in [-0.15, -0.1) is 0 Å². The molecule has 0 fully saturated rings. The first-order valence-electron chi connectivity index (χ1n) is 13.2. The fraction of sp³-hybridized carbons (Fsp3) is 0.188. The fourth-order valence-corrected chi connectivity index (χ4v) is 5.97. The normalized spacial score (nSPS) is 11.8. The van der Waals surface area contributed by atoms with Crippen molar-refractivity contribution >= 4 is 27.5 Å². The van der Waals surface area contributed by atoms with Crippen LogP contribution in [0.15, 0.2) is 114 Å². The van der Waals surface area contributed by atoms with Crippen molar-refractivity contribution in [1.29, 1.82) is 0 Å². The van der Waals surface area contributed by atoms with Gasteiger partial charge in [0.1, 0.15) is 24.2 Å². The molecule has 2 amide bonds. The van der Waals surface area contributed by atoms with Gasteiger partial charge < -0.3 is 15.0 Å². The topological polar surface area (TPSA) is 96.0 Å². The molecule has 0 bridgehead atoms. The van der Waals surface area contributed by atoms with Crippen LogP contribution in [-0.4, -0.2) is 51.9 Å². The molecule has 0 spiro atoms. The third-order valence-corrected chi connectivity index (χ3v) is 8.56. The van der Waals surface area contributed by atoms with Crippen LogP contribution in [0.1, 0.15) is 11.1 Å². The number of sulfonamides is 1. The second kappa shape index (κ2) is 13.8. The lowest BCUT2D eigenvalue weighted by atomic mass is 10.0. The molecule has 42 heavy (non-hydrogen) atoms. The Bertz CT molecular complexity index is 1620. The summed E-state index contributed by atoms with van der Waals surface area (Å²) in [5.74, 6) is -1.32. The molecule has 1 atom stereocenters. The average Bonchev–Trinajstić information content (AvgIpc) is 3.02.